The third-order valence-corrected chi connectivity index (χ3v) is 2.42. The van der Waals surface area contributed by atoms with E-state index in [9.17, 15) is 8.78 Å². The highest BCUT2D eigenvalue weighted by Crippen LogP contribution is 2.26. The number of hydrogen-bond donors (Lipinski definition) is 1. The molecule has 0 atom stereocenters. The van der Waals surface area contributed by atoms with E-state index in [1.807, 2.05) is 6.92 Å². The van der Waals surface area contributed by atoms with Crippen molar-refractivity contribution >= 4 is 5.69 Å². The first-order chi connectivity index (χ1) is 7.65. The zero-order chi connectivity index (χ0) is 11.7. The molecule has 3 nitrogen and oxygen atoms in total. The third kappa shape index (κ3) is 1.54. The normalized spacial score (nSPS) is 10.7. The van der Waals surface area contributed by atoms with E-state index in [2.05, 4.69) is 4.98 Å². The lowest BCUT2D eigenvalue weighted by atomic mass is 10.1. The average molecular weight is 223 g/mol. The molecule has 0 aliphatic rings. The van der Waals surface area contributed by atoms with Crippen LogP contribution in [0.5, 0.6) is 0 Å². The predicted molar refractivity (Wildman–Crippen MR) is 57.7 cm³/mol. The molecule has 0 aliphatic carbocycles. The van der Waals surface area contributed by atoms with Gasteiger partial charge in [-0.1, -0.05) is 0 Å². The van der Waals surface area contributed by atoms with Crippen LogP contribution < -0.4 is 5.73 Å². The van der Waals surface area contributed by atoms with Crippen molar-refractivity contribution in [2.24, 2.45) is 0 Å². The Morgan fingerprint density at radius 1 is 1.38 bits per heavy atom. The SMILES string of the molecule is CCn1ccnc1-c1ccc(F)c(N)c1F. The number of aryl methyl sites for hydroxylation is 1. The number of benzene rings is 1. The van der Waals surface area contributed by atoms with E-state index >= 15 is 0 Å². The Balaban J connectivity index is 2.61. The van der Waals surface area contributed by atoms with Crippen LogP contribution in [0, 0.1) is 11.6 Å². The number of nitrogens with zero attached hydrogens (tertiary/aromatic N) is 2. The molecule has 0 fully saturated rings. The Morgan fingerprint density at radius 2 is 2.12 bits per heavy atom. The number of imidazole rings is 1. The number of nitrogens with two attached hydrogens (primary N) is 1. The monoisotopic (exact) mass is 223 g/mol. The molecule has 0 unspecified atom stereocenters. The Kier molecular flexibility index (Phi) is 2.60. The highest BCUT2D eigenvalue weighted by Gasteiger charge is 2.15. The summed E-state index contributed by atoms with van der Waals surface area (Å²) in [6, 6.07) is 2.48. The maximum Gasteiger partial charge on any atom is 0.160 e. The zero-order valence-corrected chi connectivity index (χ0v) is 8.74. The van der Waals surface area contributed by atoms with E-state index in [0.29, 0.717) is 12.4 Å². The van der Waals surface area contributed by atoms with E-state index in [1.54, 1.807) is 17.0 Å². The number of hydrogen-bond acceptors (Lipinski definition) is 2. The molecule has 0 saturated heterocycles. The Bertz CT molecular complexity index is 520. The van der Waals surface area contributed by atoms with Gasteiger partial charge in [0.25, 0.3) is 0 Å². The topological polar surface area (TPSA) is 43.8 Å². The largest absolute Gasteiger partial charge is 0.394 e. The van der Waals surface area contributed by atoms with Crippen molar-refractivity contribution < 1.29 is 8.78 Å². The molecule has 1 heterocycles. The van der Waals surface area contributed by atoms with E-state index in [-0.39, 0.29) is 5.56 Å². The molecular weight excluding hydrogens is 212 g/mol. The molecule has 1 aromatic carbocycles. The molecule has 0 amide bonds. The number of rotatable bonds is 2. The van der Waals surface area contributed by atoms with Crippen molar-refractivity contribution in [3.8, 4) is 11.4 Å². The predicted octanol–water partition coefficient (Wildman–Crippen LogP) is 2.43. The molecule has 0 saturated carbocycles. The molecule has 84 valence electrons. The van der Waals surface area contributed by atoms with Crippen molar-refractivity contribution in [2.75, 3.05) is 5.73 Å². The fraction of sp³-hybridized carbons (Fsp3) is 0.182. The fourth-order valence-electron chi connectivity index (χ4n) is 1.55. The lowest BCUT2D eigenvalue weighted by Crippen LogP contribution is -2.02. The lowest BCUT2D eigenvalue weighted by molar-refractivity contribution is 0.592. The third-order valence-electron chi connectivity index (χ3n) is 2.42. The van der Waals surface area contributed by atoms with Gasteiger partial charge in [0.1, 0.15) is 17.3 Å². The van der Waals surface area contributed by atoms with Crippen LogP contribution in [-0.4, -0.2) is 9.55 Å². The molecule has 0 spiro atoms. The highest BCUT2D eigenvalue weighted by molar-refractivity contribution is 5.63. The molecule has 5 heteroatoms. The smallest absolute Gasteiger partial charge is 0.160 e. The van der Waals surface area contributed by atoms with Crippen molar-refractivity contribution in [1.29, 1.82) is 0 Å². The van der Waals surface area contributed by atoms with Gasteiger partial charge in [-0.05, 0) is 19.1 Å². The summed E-state index contributed by atoms with van der Waals surface area (Å²) in [5, 5.41) is 0. The summed E-state index contributed by atoms with van der Waals surface area (Å²) in [7, 11) is 0. The van der Waals surface area contributed by atoms with Crippen LogP contribution in [0.1, 0.15) is 6.92 Å². The summed E-state index contributed by atoms with van der Waals surface area (Å²) >= 11 is 0. The van der Waals surface area contributed by atoms with E-state index < -0.39 is 17.3 Å². The Labute approximate surface area is 91.5 Å². The number of nitrogen functional groups attached to an aromatic ring is 1. The van der Waals surface area contributed by atoms with Crippen molar-refractivity contribution in [1.82, 2.24) is 9.55 Å². The molecule has 0 bridgehead atoms. The van der Waals surface area contributed by atoms with Gasteiger partial charge in [-0.2, -0.15) is 0 Å². The molecule has 2 rings (SSSR count). The molecule has 2 aromatic rings. The summed E-state index contributed by atoms with van der Waals surface area (Å²) in [6.07, 6.45) is 3.30. The van der Waals surface area contributed by atoms with Crippen LogP contribution >= 0.6 is 0 Å². The van der Waals surface area contributed by atoms with Gasteiger partial charge in [0.15, 0.2) is 5.82 Å². The first kappa shape index (κ1) is 10.6. The summed E-state index contributed by atoms with van der Waals surface area (Å²) in [4.78, 5) is 4.03. The fourth-order valence-corrected chi connectivity index (χ4v) is 1.55. The van der Waals surface area contributed by atoms with Gasteiger partial charge in [-0.3, -0.25) is 0 Å². The van der Waals surface area contributed by atoms with Gasteiger partial charge in [0.2, 0.25) is 0 Å². The van der Waals surface area contributed by atoms with Gasteiger partial charge in [-0.15, -0.1) is 0 Å². The van der Waals surface area contributed by atoms with Crippen LogP contribution in [0.25, 0.3) is 11.4 Å². The quantitative estimate of drug-likeness (QED) is 0.794. The average Bonchev–Trinajstić information content (AvgIpc) is 2.74. The van der Waals surface area contributed by atoms with Gasteiger partial charge in [-0.25, -0.2) is 13.8 Å². The number of anilines is 1. The van der Waals surface area contributed by atoms with Crippen LogP contribution in [0.2, 0.25) is 0 Å². The molecule has 0 radical (unpaired) electrons. The van der Waals surface area contributed by atoms with Crippen LogP contribution in [-0.2, 0) is 6.54 Å². The van der Waals surface area contributed by atoms with Gasteiger partial charge in [0.05, 0.1) is 5.56 Å². The summed E-state index contributed by atoms with van der Waals surface area (Å²) in [5.74, 6) is -1.07. The van der Waals surface area contributed by atoms with Crippen LogP contribution in [0.15, 0.2) is 24.5 Å². The first-order valence-corrected chi connectivity index (χ1v) is 4.90. The Morgan fingerprint density at radius 3 is 2.81 bits per heavy atom. The minimum atomic E-state index is -0.763. The minimum absolute atomic E-state index is 0.214. The summed E-state index contributed by atoms with van der Waals surface area (Å²) < 4.78 is 28.5. The molecule has 2 N–H and O–H groups in total. The summed E-state index contributed by atoms with van der Waals surface area (Å²) in [6.45, 7) is 2.57. The molecule has 0 aliphatic heterocycles. The standard InChI is InChI=1S/C11H11F2N3/c1-2-16-6-5-15-11(16)7-3-4-8(12)10(14)9(7)13/h3-6H,2,14H2,1H3. The van der Waals surface area contributed by atoms with Gasteiger partial charge < -0.3 is 10.3 Å². The highest BCUT2D eigenvalue weighted by atomic mass is 19.1. The maximum atomic E-state index is 13.7. The van der Waals surface area contributed by atoms with E-state index in [1.165, 1.54) is 6.07 Å². The molecule has 16 heavy (non-hydrogen) atoms. The number of halogens is 2. The van der Waals surface area contributed by atoms with Crippen LogP contribution in [0.3, 0.4) is 0 Å². The maximum absolute atomic E-state index is 13.7. The minimum Gasteiger partial charge on any atom is -0.394 e. The second kappa shape index (κ2) is 3.92. The van der Waals surface area contributed by atoms with Gasteiger partial charge >= 0.3 is 0 Å². The van der Waals surface area contributed by atoms with Gasteiger partial charge in [0, 0.05) is 18.9 Å². The lowest BCUT2D eigenvalue weighted by Gasteiger charge is -2.07. The van der Waals surface area contributed by atoms with Crippen molar-refractivity contribution in [3.63, 3.8) is 0 Å². The van der Waals surface area contributed by atoms with E-state index in [4.69, 9.17) is 5.73 Å². The number of aromatic nitrogens is 2. The second-order valence-electron chi connectivity index (χ2n) is 3.36. The Hall–Kier alpha value is -1.91. The van der Waals surface area contributed by atoms with Crippen LogP contribution in [0.4, 0.5) is 14.5 Å². The second-order valence-corrected chi connectivity index (χ2v) is 3.36. The molecule has 1 aromatic heterocycles. The van der Waals surface area contributed by atoms with E-state index in [0.717, 1.165) is 6.07 Å². The summed E-state index contributed by atoms with van der Waals surface area (Å²) in [5.41, 5.74) is 5.04. The first-order valence-electron chi connectivity index (χ1n) is 4.90. The molecular formula is C11H11F2N3. The van der Waals surface area contributed by atoms with Crippen molar-refractivity contribution in [3.05, 3.63) is 36.2 Å². The zero-order valence-electron chi connectivity index (χ0n) is 8.74. The van der Waals surface area contributed by atoms with Crippen molar-refractivity contribution in [2.45, 2.75) is 13.5 Å².